The van der Waals surface area contributed by atoms with Crippen LogP contribution in [0.15, 0.2) is 77.4 Å². The van der Waals surface area contributed by atoms with E-state index >= 15 is 0 Å². The zero-order valence-electron chi connectivity index (χ0n) is 17.2. The molecule has 0 aliphatic carbocycles. The third-order valence-electron chi connectivity index (χ3n) is 5.66. The number of carbonyl (C=O) groups excluding carboxylic acids is 2. The van der Waals surface area contributed by atoms with E-state index in [0.717, 1.165) is 16.6 Å². The molecule has 3 heterocycles. The van der Waals surface area contributed by atoms with Crippen LogP contribution in [0.1, 0.15) is 20.9 Å². The number of pyridine rings is 1. The summed E-state index contributed by atoms with van der Waals surface area (Å²) in [6, 6.07) is 20.3. The molecule has 1 fully saturated rings. The number of rotatable bonds is 3. The van der Waals surface area contributed by atoms with Crippen LogP contribution in [0.5, 0.6) is 0 Å². The highest BCUT2D eigenvalue weighted by atomic mass is 35.5. The van der Waals surface area contributed by atoms with Crippen LogP contribution in [0.4, 0.5) is 0 Å². The summed E-state index contributed by atoms with van der Waals surface area (Å²) in [6.07, 6.45) is 1.48. The molecular weight excluding hydrogens is 426 g/mol. The van der Waals surface area contributed by atoms with Gasteiger partial charge in [-0.15, -0.1) is 0 Å². The van der Waals surface area contributed by atoms with Crippen molar-refractivity contribution in [2.75, 3.05) is 26.2 Å². The van der Waals surface area contributed by atoms with Crippen molar-refractivity contribution in [3.8, 4) is 11.3 Å². The lowest BCUT2D eigenvalue weighted by atomic mass is 10.0. The van der Waals surface area contributed by atoms with Gasteiger partial charge in [-0.25, -0.2) is 4.98 Å². The predicted octanol–water partition coefficient (Wildman–Crippen LogP) is 4.75. The Morgan fingerprint density at radius 2 is 1.56 bits per heavy atom. The predicted molar refractivity (Wildman–Crippen MR) is 123 cm³/mol. The molecule has 1 aliphatic heterocycles. The zero-order chi connectivity index (χ0) is 22.1. The zero-order valence-corrected chi connectivity index (χ0v) is 18.0. The lowest BCUT2D eigenvalue weighted by Crippen LogP contribution is -2.50. The Morgan fingerprint density at radius 3 is 2.25 bits per heavy atom. The van der Waals surface area contributed by atoms with E-state index in [9.17, 15) is 9.59 Å². The van der Waals surface area contributed by atoms with Gasteiger partial charge in [0.05, 0.1) is 23.0 Å². The third kappa shape index (κ3) is 3.85. The first kappa shape index (κ1) is 20.3. The number of benzene rings is 2. The van der Waals surface area contributed by atoms with Gasteiger partial charge in [0.2, 0.25) is 0 Å². The first-order chi connectivity index (χ1) is 15.6. The molecule has 32 heavy (non-hydrogen) atoms. The van der Waals surface area contributed by atoms with Crippen molar-refractivity contribution in [3.05, 3.63) is 89.3 Å². The molecule has 1 aliphatic rings. The minimum Gasteiger partial charge on any atom is -0.459 e. The fraction of sp³-hybridized carbons (Fsp3) is 0.160. The largest absolute Gasteiger partial charge is 0.459 e. The number of aromatic nitrogens is 1. The second kappa shape index (κ2) is 8.48. The Labute approximate surface area is 190 Å². The molecule has 5 rings (SSSR count). The fourth-order valence-corrected chi connectivity index (χ4v) is 4.14. The Morgan fingerprint density at radius 1 is 0.844 bits per heavy atom. The van der Waals surface area contributed by atoms with Gasteiger partial charge >= 0.3 is 0 Å². The van der Waals surface area contributed by atoms with E-state index in [0.29, 0.717) is 48.0 Å². The second-order valence-electron chi connectivity index (χ2n) is 7.64. The van der Waals surface area contributed by atoms with Crippen LogP contribution >= 0.6 is 11.6 Å². The average molecular weight is 446 g/mol. The fourth-order valence-electron chi connectivity index (χ4n) is 3.97. The SMILES string of the molecule is O=C(c1ccco1)N1CCN(C(=O)c2cc(-c3ccccc3)nc3ccc(Cl)cc23)CC1. The maximum atomic E-state index is 13.5. The van der Waals surface area contributed by atoms with E-state index in [2.05, 4.69) is 0 Å². The number of piperazine rings is 1. The molecule has 2 amide bonds. The number of carbonyl (C=O) groups is 2. The van der Waals surface area contributed by atoms with Crippen LogP contribution in [0.2, 0.25) is 5.02 Å². The molecule has 0 atom stereocenters. The lowest BCUT2D eigenvalue weighted by Gasteiger charge is -2.34. The van der Waals surface area contributed by atoms with Crippen LogP contribution in [0, 0.1) is 0 Å². The van der Waals surface area contributed by atoms with Crippen LogP contribution < -0.4 is 0 Å². The first-order valence-electron chi connectivity index (χ1n) is 10.4. The van der Waals surface area contributed by atoms with Crippen LogP contribution in [0.25, 0.3) is 22.2 Å². The van der Waals surface area contributed by atoms with E-state index in [1.807, 2.05) is 42.5 Å². The second-order valence-corrected chi connectivity index (χ2v) is 8.08. The third-order valence-corrected chi connectivity index (χ3v) is 5.89. The van der Waals surface area contributed by atoms with Gasteiger partial charge < -0.3 is 14.2 Å². The Kier molecular flexibility index (Phi) is 5.37. The molecule has 7 heteroatoms. The molecule has 0 unspecified atom stereocenters. The van der Waals surface area contributed by atoms with E-state index < -0.39 is 0 Å². The molecule has 0 radical (unpaired) electrons. The van der Waals surface area contributed by atoms with E-state index in [-0.39, 0.29) is 11.8 Å². The molecule has 0 bridgehead atoms. The molecule has 6 nitrogen and oxygen atoms in total. The number of fused-ring (bicyclic) bond motifs is 1. The molecule has 0 N–H and O–H groups in total. The van der Waals surface area contributed by atoms with E-state index in [1.165, 1.54) is 6.26 Å². The van der Waals surface area contributed by atoms with Gasteiger partial charge in [-0.1, -0.05) is 41.9 Å². The van der Waals surface area contributed by atoms with E-state index in [1.54, 1.807) is 34.1 Å². The first-order valence-corrected chi connectivity index (χ1v) is 10.8. The number of hydrogen-bond acceptors (Lipinski definition) is 4. The number of amides is 2. The minimum absolute atomic E-state index is 0.0954. The van der Waals surface area contributed by atoms with Crippen molar-refractivity contribution >= 4 is 34.3 Å². The van der Waals surface area contributed by atoms with E-state index in [4.69, 9.17) is 21.0 Å². The Bertz CT molecular complexity index is 1280. The van der Waals surface area contributed by atoms with Crippen LogP contribution in [0.3, 0.4) is 0 Å². The maximum Gasteiger partial charge on any atom is 0.289 e. The molecule has 4 aromatic rings. The Balaban J connectivity index is 1.44. The highest BCUT2D eigenvalue weighted by Crippen LogP contribution is 2.28. The van der Waals surface area contributed by atoms with Crippen molar-refractivity contribution in [2.24, 2.45) is 0 Å². The number of halogens is 1. The van der Waals surface area contributed by atoms with Gasteiger partial charge in [-0.3, -0.25) is 9.59 Å². The van der Waals surface area contributed by atoms with Crippen LogP contribution in [-0.4, -0.2) is 52.8 Å². The summed E-state index contributed by atoms with van der Waals surface area (Å²) >= 11 is 6.23. The van der Waals surface area contributed by atoms with Crippen molar-refractivity contribution in [3.63, 3.8) is 0 Å². The van der Waals surface area contributed by atoms with Gasteiger partial charge in [0.1, 0.15) is 0 Å². The summed E-state index contributed by atoms with van der Waals surface area (Å²) in [7, 11) is 0. The quantitative estimate of drug-likeness (QED) is 0.456. The van der Waals surface area contributed by atoms with Gasteiger partial charge in [-0.2, -0.15) is 0 Å². The summed E-state index contributed by atoms with van der Waals surface area (Å²) < 4.78 is 5.22. The summed E-state index contributed by atoms with van der Waals surface area (Å²) in [5.74, 6) is 0.0589. The molecule has 160 valence electrons. The number of furan rings is 1. The monoisotopic (exact) mass is 445 g/mol. The van der Waals surface area contributed by atoms with Crippen molar-refractivity contribution < 1.29 is 14.0 Å². The van der Waals surface area contributed by atoms with Gasteiger partial charge in [0.25, 0.3) is 11.8 Å². The number of nitrogens with zero attached hydrogens (tertiary/aromatic N) is 3. The highest BCUT2D eigenvalue weighted by molar-refractivity contribution is 6.31. The highest BCUT2D eigenvalue weighted by Gasteiger charge is 2.28. The molecule has 2 aromatic heterocycles. The van der Waals surface area contributed by atoms with Crippen molar-refractivity contribution in [2.45, 2.75) is 0 Å². The average Bonchev–Trinajstić information content (AvgIpc) is 3.38. The van der Waals surface area contributed by atoms with Gasteiger partial charge in [-0.05, 0) is 36.4 Å². The topological polar surface area (TPSA) is 66.7 Å². The van der Waals surface area contributed by atoms with Crippen LogP contribution in [-0.2, 0) is 0 Å². The molecule has 0 saturated carbocycles. The smallest absolute Gasteiger partial charge is 0.289 e. The molecule has 1 saturated heterocycles. The van der Waals surface area contributed by atoms with Crippen molar-refractivity contribution in [1.82, 2.24) is 14.8 Å². The Hall–Kier alpha value is -3.64. The number of hydrogen-bond donors (Lipinski definition) is 0. The summed E-state index contributed by atoms with van der Waals surface area (Å²) in [5, 5.41) is 1.27. The standard InChI is InChI=1S/C25H20ClN3O3/c26-18-8-9-21-19(15-18)20(16-22(27-21)17-5-2-1-3-6-17)24(30)28-10-12-29(13-11-28)25(31)23-7-4-14-32-23/h1-9,14-16H,10-13H2. The summed E-state index contributed by atoms with van der Waals surface area (Å²) in [4.78, 5) is 34.3. The minimum atomic E-state index is -0.158. The summed E-state index contributed by atoms with van der Waals surface area (Å²) in [5.41, 5.74) is 2.94. The molecular formula is C25H20ClN3O3. The van der Waals surface area contributed by atoms with Gasteiger partial charge in [0.15, 0.2) is 5.76 Å². The molecule has 0 spiro atoms. The normalized spacial score (nSPS) is 14.0. The summed E-state index contributed by atoms with van der Waals surface area (Å²) in [6.45, 7) is 1.77. The molecule has 2 aromatic carbocycles. The maximum absolute atomic E-state index is 13.5. The lowest BCUT2D eigenvalue weighted by molar-refractivity contribution is 0.0519. The van der Waals surface area contributed by atoms with Gasteiger partial charge in [0, 0.05) is 42.2 Å². The van der Waals surface area contributed by atoms with Crippen molar-refractivity contribution in [1.29, 1.82) is 0 Å².